The topological polar surface area (TPSA) is 12.0 Å². The van der Waals surface area contributed by atoms with E-state index in [0.717, 1.165) is 22.6 Å². The summed E-state index contributed by atoms with van der Waals surface area (Å²) in [5.74, 6) is 0. The third-order valence-electron chi connectivity index (χ3n) is 2.22. The van der Waals surface area contributed by atoms with Crippen molar-refractivity contribution in [1.29, 1.82) is 0 Å². The number of halogens is 2. The van der Waals surface area contributed by atoms with Crippen molar-refractivity contribution in [3.8, 4) is 0 Å². The Morgan fingerprint density at radius 1 is 1.19 bits per heavy atom. The maximum atomic E-state index is 5.93. The van der Waals surface area contributed by atoms with Crippen molar-refractivity contribution < 1.29 is 0 Å². The molecule has 1 N–H and O–H groups in total. The smallest absolute Gasteiger partial charge is 0.0548 e. The molecule has 1 heterocycles. The van der Waals surface area contributed by atoms with Crippen molar-refractivity contribution in [2.75, 3.05) is 0 Å². The van der Waals surface area contributed by atoms with Gasteiger partial charge < -0.3 is 5.32 Å². The minimum absolute atomic E-state index is 0.751. The van der Waals surface area contributed by atoms with E-state index in [0.29, 0.717) is 0 Å². The van der Waals surface area contributed by atoms with Gasteiger partial charge in [0.1, 0.15) is 0 Å². The molecule has 0 bridgehead atoms. The summed E-state index contributed by atoms with van der Waals surface area (Å²) in [7, 11) is 0. The van der Waals surface area contributed by atoms with Crippen LogP contribution in [-0.2, 0) is 13.1 Å². The predicted octanol–water partition coefficient (Wildman–Crippen LogP) is 4.45. The van der Waals surface area contributed by atoms with Crippen LogP contribution in [-0.4, -0.2) is 0 Å². The number of thiophene rings is 1. The van der Waals surface area contributed by atoms with Crippen LogP contribution in [0.2, 0.25) is 5.02 Å². The van der Waals surface area contributed by atoms with E-state index in [9.17, 15) is 0 Å². The fraction of sp³-hybridized carbons (Fsp3) is 0.167. The first-order chi connectivity index (χ1) is 7.75. The molecule has 0 atom stereocenters. The summed E-state index contributed by atoms with van der Waals surface area (Å²) in [6.07, 6.45) is 0. The van der Waals surface area contributed by atoms with Crippen LogP contribution in [0.4, 0.5) is 0 Å². The fourth-order valence-electron chi connectivity index (χ4n) is 1.39. The minimum Gasteiger partial charge on any atom is -0.309 e. The lowest BCUT2D eigenvalue weighted by Gasteiger charge is -2.05. The van der Waals surface area contributed by atoms with E-state index in [-0.39, 0.29) is 0 Å². The van der Waals surface area contributed by atoms with E-state index in [4.69, 9.17) is 11.6 Å². The first-order valence-corrected chi connectivity index (χ1v) is 7.03. The van der Waals surface area contributed by atoms with Crippen LogP contribution >= 0.6 is 38.9 Å². The van der Waals surface area contributed by atoms with Crippen LogP contribution in [0.25, 0.3) is 0 Å². The van der Waals surface area contributed by atoms with E-state index in [1.54, 1.807) is 11.3 Å². The Morgan fingerprint density at radius 3 is 2.69 bits per heavy atom. The molecule has 2 aromatic rings. The van der Waals surface area contributed by atoms with Crippen molar-refractivity contribution in [3.63, 3.8) is 0 Å². The van der Waals surface area contributed by atoms with Crippen molar-refractivity contribution in [3.05, 3.63) is 55.6 Å². The van der Waals surface area contributed by atoms with Gasteiger partial charge in [0.15, 0.2) is 0 Å². The molecule has 0 amide bonds. The third-order valence-corrected chi connectivity index (χ3v) is 4.17. The van der Waals surface area contributed by atoms with E-state index in [1.165, 1.54) is 11.1 Å². The average molecular weight is 317 g/mol. The third kappa shape index (κ3) is 3.32. The van der Waals surface area contributed by atoms with Gasteiger partial charge in [-0.25, -0.2) is 0 Å². The van der Waals surface area contributed by atoms with Crippen molar-refractivity contribution in [2.24, 2.45) is 0 Å². The molecule has 0 aliphatic rings. The standard InChI is InChI=1S/C12H11BrClNS/c13-11-5-9(1-2-12(11)14)6-15-7-10-3-4-16-8-10/h1-5,8,15H,6-7H2. The van der Waals surface area contributed by atoms with Gasteiger partial charge in [0, 0.05) is 17.6 Å². The van der Waals surface area contributed by atoms with E-state index in [2.05, 4.69) is 38.1 Å². The molecule has 2 rings (SSSR count). The summed E-state index contributed by atoms with van der Waals surface area (Å²) in [6.45, 7) is 1.76. The monoisotopic (exact) mass is 315 g/mol. The molecule has 0 fully saturated rings. The Balaban J connectivity index is 1.87. The lowest BCUT2D eigenvalue weighted by Crippen LogP contribution is -2.11. The highest BCUT2D eigenvalue weighted by Gasteiger charge is 1.99. The second-order valence-electron chi connectivity index (χ2n) is 3.48. The molecule has 16 heavy (non-hydrogen) atoms. The second kappa shape index (κ2) is 5.82. The quantitative estimate of drug-likeness (QED) is 0.878. The van der Waals surface area contributed by atoms with Crippen LogP contribution in [0.5, 0.6) is 0 Å². The Hall–Kier alpha value is -0.350. The predicted molar refractivity (Wildman–Crippen MR) is 74.0 cm³/mol. The highest BCUT2D eigenvalue weighted by molar-refractivity contribution is 9.10. The first-order valence-electron chi connectivity index (χ1n) is 4.91. The Labute approximate surface area is 113 Å². The SMILES string of the molecule is Clc1ccc(CNCc2ccsc2)cc1Br. The van der Waals surface area contributed by atoms with Gasteiger partial charge in [0.05, 0.1) is 5.02 Å². The van der Waals surface area contributed by atoms with Crippen LogP contribution in [0.3, 0.4) is 0 Å². The molecule has 0 radical (unpaired) electrons. The number of hydrogen-bond donors (Lipinski definition) is 1. The van der Waals surface area contributed by atoms with Crippen molar-refractivity contribution in [2.45, 2.75) is 13.1 Å². The van der Waals surface area contributed by atoms with Gasteiger partial charge in [-0.3, -0.25) is 0 Å². The largest absolute Gasteiger partial charge is 0.309 e. The molecule has 4 heteroatoms. The lowest BCUT2D eigenvalue weighted by atomic mass is 10.2. The minimum atomic E-state index is 0.751. The molecule has 1 nitrogen and oxygen atoms in total. The van der Waals surface area contributed by atoms with Gasteiger partial charge in [-0.1, -0.05) is 17.7 Å². The molecule has 0 aliphatic carbocycles. The summed E-state index contributed by atoms with van der Waals surface area (Å²) in [5, 5.41) is 8.40. The van der Waals surface area contributed by atoms with E-state index in [1.807, 2.05) is 18.2 Å². The molecule has 84 valence electrons. The molecule has 1 aromatic carbocycles. The first kappa shape index (κ1) is 12.1. The molecular formula is C12H11BrClNS. The molecule has 1 aromatic heterocycles. The molecule has 0 saturated heterocycles. The van der Waals surface area contributed by atoms with Crippen LogP contribution in [0, 0.1) is 0 Å². The number of rotatable bonds is 4. The number of benzene rings is 1. The van der Waals surface area contributed by atoms with Crippen LogP contribution < -0.4 is 5.32 Å². The number of hydrogen-bond acceptors (Lipinski definition) is 2. The second-order valence-corrected chi connectivity index (χ2v) is 5.53. The maximum absolute atomic E-state index is 5.93. The molecule has 0 aliphatic heterocycles. The summed E-state index contributed by atoms with van der Waals surface area (Å²) in [5.41, 5.74) is 2.56. The lowest BCUT2D eigenvalue weighted by molar-refractivity contribution is 0.695. The molecule has 0 saturated carbocycles. The van der Waals surface area contributed by atoms with Gasteiger partial charge >= 0.3 is 0 Å². The zero-order valence-corrected chi connectivity index (χ0v) is 11.7. The van der Waals surface area contributed by atoms with Crippen molar-refractivity contribution in [1.82, 2.24) is 5.32 Å². The van der Waals surface area contributed by atoms with Gasteiger partial charge in [-0.2, -0.15) is 11.3 Å². The molecule has 0 unspecified atom stereocenters. The summed E-state index contributed by atoms with van der Waals surface area (Å²) in [4.78, 5) is 0. The summed E-state index contributed by atoms with van der Waals surface area (Å²) in [6, 6.07) is 8.12. The number of nitrogens with one attached hydrogen (secondary N) is 1. The zero-order chi connectivity index (χ0) is 11.4. The van der Waals surface area contributed by atoms with Crippen LogP contribution in [0.1, 0.15) is 11.1 Å². The van der Waals surface area contributed by atoms with Gasteiger partial charge in [-0.15, -0.1) is 0 Å². The fourth-order valence-corrected chi connectivity index (χ4v) is 2.61. The molecule has 0 spiro atoms. The Kier molecular flexibility index (Phi) is 4.41. The molecular weight excluding hydrogens is 306 g/mol. The van der Waals surface area contributed by atoms with Gasteiger partial charge in [0.2, 0.25) is 0 Å². The average Bonchev–Trinajstić information content (AvgIpc) is 2.76. The highest BCUT2D eigenvalue weighted by Crippen LogP contribution is 2.23. The van der Waals surface area contributed by atoms with Gasteiger partial charge in [0.25, 0.3) is 0 Å². The zero-order valence-electron chi connectivity index (χ0n) is 8.54. The highest BCUT2D eigenvalue weighted by atomic mass is 79.9. The normalized spacial score (nSPS) is 10.6. The van der Waals surface area contributed by atoms with Crippen molar-refractivity contribution >= 4 is 38.9 Å². The van der Waals surface area contributed by atoms with E-state index < -0.39 is 0 Å². The van der Waals surface area contributed by atoms with E-state index >= 15 is 0 Å². The maximum Gasteiger partial charge on any atom is 0.0548 e. The van der Waals surface area contributed by atoms with Crippen LogP contribution in [0.15, 0.2) is 39.5 Å². The summed E-state index contributed by atoms with van der Waals surface area (Å²) < 4.78 is 0.948. The summed E-state index contributed by atoms with van der Waals surface area (Å²) >= 11 is 11.1. The Bertz CT molecular complexity index is 456. The van der Waals surface area contributed by atoms with Gasteiger partial charge in [-0.05, 0) is 56.0 Å². The Morgan fingerprint density at radius 2 is 2.00 bits per heavy atom.